The van der Waals surface area contributed by atoms with Crippen molar-refractivity contribution in [1.29, 1.82) is 0 Å². The number of aliphatic hydroxyl groups excluding tert-OH is 2. The lowest BCUT2D eigenvalue weighted by Gasteiger charge is -2.44. The van der Waals surface area contributed by atoms with Gasteiger partial charge in [0.15, 0.2) is 0 Å². The summed E-state index contributed by atoms with van der Waals surface area (Å²) in [6, 6.07) is -0.0748. The summed E-state index contributed by atoms with van der Waals surface area (Å²) in [5, 5.41) is 23.2. The second-order valence-electron chi connectivity index (χ2n) is 10.4. The molecular formula is C26H39NO5. The van der Waals surface area contributed by atoms with E-state index < -0.39 is 17.7 Å². The number of amides is 1. The van der Waals surface area contributed by atoms with Crippen molar-refractivity contribution in [2.24, 2.45) is 29.6 Å². The minimum absolute atomic E-state index is 0.0200. The molecule has 1 aliphatic carbocycles. The number of rotatable bonds is 3. The smallest absolute Gasteiger partial charge is 0.331 e. The summed E-state index contributed by atoms with van der Waals surface area (Å²) in [6.45, 7) is 10.5. The monoisotopic (exact) mass is 445 g/mol. The Morgan fingerprint density at radius 2 is 1.97 bits per heavy atom. The summed E-state index contributed by atoms with van der Waals surface area (Å²) >= 11 is 0. The molecular weight excluding hydrogens is 406 g/mol. The summed E-state index contributed by atoms with van der Waals surface area (Å²) in [7, 11) is 0. The van der Waals surface area contributed by atoms with E-state index in [0.29, 0.717) is 12.3 Å². The third-order valence-electron chi connectivity index (χ3n) is 7.49. The van der Waals surface area contributed by atoms with Gasteiger partial charge in [0.05, 0.1) is 6.10 Å². The van der Waals surface area contributed by atoms with Crippen molar-refractivity contribution in [2.75, 3.05) is 6.61 Å². The summed E-state index contributed by atoms with van der Waals surface area (Å²) in [5.41, 5.74) is 0.976. The molecule has 1 saturated heterocycles. The topological polar surface area (TPSA) is 95.9 Å². The van der Waals surface area contributed by atoms with Crippen LogP contribution in [-0.2, 0) is 14.3 Å². The van der Waals surface area contributed by atoms with Crippen molar-refractivity contribution in [3.05, 3.63) is 35.5 Å². The first-order valence-corrected chi connectivity index (χ1v) is 11.9. The van der Waals surface area contributed by atoms with Crippen molar-refractivity contribution in [1.82, 2.24) is 5.32 Å². The molecule has 6 nitrogen and oxygen atoms in total. The second-order valence-corrected chi connectivity index (χ2v) is 10.4. The molecule has 0 saturated carbocycles. The number of hydrogen-bond donors (Lipinski definition) is 3. The molecule has 2 aliphatic heterocycles. The number of nitrogens with one attached hydrogen (secondary N) is 1. The van der Waals surface area contributed by atoms with E-state index in [2.05, 4.69) is 45.2 Å². The third kappa shape index (κ3) is 4.86. The van der Waals surface area contributed by atoms with Crippen molar-refractivity contribution in [3.8, 4) is 0 Å². The standard InChI is InChI=1S/C26H39NO5/c1-15(2)10-22-24-18(5)17(4)12-20-11-16(3)6-7-19(14-28)13-21(29)8-9-23(30)32-26(20,24)25(31)27-22/h8-9,11-12,15,18-22,24,28-29H,6-7,10,13-14H2,1-5H3,(H,27,31). The minimum atomic E-state index is -1.31. The van der Waals surface area contributed by atoms with Crippen LogP contribution in [0.15, 0.2) is 35.5 Å². The van der Waals surface area contributed by atoms with Gasteiger partial charge in [-0.15, -0.1) is 0 Å². The van der Waals surface area contributed by atoms with Gasteiger partial charge in [0.1, 0.15) is 0 Å². The Kier molecular flexibility index (Phi) is 7.66. The van der Waals surface area contributed by atoms with Crippen LogP contribution in [0.1, 0.15) is 60.3 Å². The Hall–Kier alpha value is -1.92. The zero-order valence-electron chi connectivity index (χ0n) is 20.0. The number of carbonyl (C=O) groups excluding carboxylic acids is 2. The minimum Gasteiger partial charge on any atom is -0.444 e. The fourth-order valence-electron chi connectivity index (χ4n) is 5.74. The molecule has 32 heavy (non-hydrogen) atoms. The number of carbonyl (C=O) groups is 2. The highest BCUT2D eigenvalue weighted by Crippen LogP contribution is 2.51. The van der Waals surface area contributed by atoms with E-state index in [-0.39, 0.29) is 42.2 Å². The van der Waals surface area contributed by atoms with E-state index in [1.165, 1.54) is 17.7 Å². The molecule has 3 aliphatic rings. The molecule has 0 radical (unpaired) electrons. The number of ether oxygens (including phenoxy) is 1. The first-order chi connectivity index (χ1) is 15.1. The van der Waals surface area contributed by atoms with E-state index in [1.54, 1.807) is 0 Å². The Balaban J connectivity index is 2.11. The Labute approximate surface area is 191 Å². The molecule has 0 aromatic rings. The zero-order valence-corrected chi connectivity index (χ0v) is 20.0. The number of allylic oxidation sites excluding steroid dienone is 2. The van der Waals surface area contributed by atoms with Crippen LogP contribution in [0.25, 0.3) is 0 Å². The maximum Gasteiger partial charge on any atom is 0.331 e. The van der Waals surface area contributed by atoms with Gasteiger partial charge in [-0.05, 0) is 63.4 Å². The third-order valence-corrected chi connectivity index (χ3v) is 7.49. The van der Waals surface area contributed by atoms with Gasteiger partial charge < -0.3 is 20.3 Å². The molecule has 1 fully saturated rings. The van der Waals surface area contributed by atoms with Gasteiger partial charge in [-0.25, -0.2) is 4.79 Å². The molecule has 0 aromatic carbocycles. The van der Waals surface area contributed by atoms with Gasteiger partial charge in [-0.2, -0.15) is 0 Å². The molecule has 1 amide bonds. The first-order valence-electron chi connectivity index (χ1n) is 11.9. The van der Waals surface area contributed by atoms with E-state index in [0.717, 1.165) is 24.8 Å². The van der Waals surface area contributed by atoms with Crippen molar-refractivity contribution >= 4 is 11.9 Å². The van der Waals surface area contributed by atoms with Gasteiger partial charge in [0, 0.05) is 30.6 Å². The zero-order chi connectivity index (χ0) is 23.6. The van der Waals surface area contributed by atoms with Gasteiger partial charge in [0.25, 0.3) is 5.91 Å². The molecule has 0 aromatic heterocycles. The molecule has 178 valence electrons. The average molecular weight is 446 g/mol. The molecule has 0 bridgehead atoms. The van der Waals surface area contributed by atoms with E-state index in [4.69, 9.17) is 4.74 Å². The van der Waals surface area contributed by atoms with E-state index in [9.17, 15) is 19.8 Å². The molecule has 7 unspecified atom stereocenters. The lowest BCUT2D eigenvalue weighted by atomic mass is 9.63. The molecule has 3 N–H and O–H groups in total. The SMILES string of the molecule is CC1=CC2C=C(C)C(C)C3C(CC(C)C)NC(=O)C23OC(=O)C=CC(O)CC(CO)CC1. The molecule has 3 rings (SSSR count). The molecule has 6 heteroatoms. The molecule has 1 spiro atoms. The van der Waals surface area contributed by atoms with Gasteiger partial charge in [0.2, 0.25) is 5.60 Å². The van der Waals surface area contributed by atoms with Crippen LogP contribution in [0.3, 0.4) is 0 Å². The highest BCUT2D eigenvalue weighted by atomic mass is 16.6. The highest BCUT2D eigenvalue weighted by Gasteiger charge is 2.64. The Morgan fingerprint density at radius 3 is 2.62 bits per heavy atom. The van der Waals surface area contributed by atoms with Crippen LogP contribution in [0.4, 0.5) is 0 Å². The normalized spacial score (nSPS) is 38.4. The van der Waals surface area contributed by atoms with Crippen LogP contribution in [0, 0.1) is 29.6 Å². The van der Waals surface area contributed by atoms with Crippen LogP contribution < -0.4 is 5.32 Å². The number of hydrogen-bond acceptors (Lipinski definition) is 5. The van der Waals surface area contributed by atoms with Gasteiger partial charge >= 0.3 is 5.97 Å². The van der Waals surface area contributed by atoms with Crippen molar-refractivity contribution in [2.45, 2.75) is 78.0 Å². The predicted octanol–water partition coefficient (Wildman–Crippen LogP) is 3.30. The summed E-state index contributed by atoms with van der Waals surface area (Å²) in [4.78, 5) is 26.5. The first kappa shape index (κ1) is 24.7. The number of aliphatic hydroxyl groups is 2. The van der Waals surface area contributed by atoms with Gasteiger partial charge in [-0.1, -0.05) is 44.1 Å². The molecule has 2 heterocycles. The van der Waals surface area contributed by atoms with Gasteiger partial charge in [-0.3, -0.25) is 4.79 Å². The highest BCUT2D eigenvalue weighted by molar-refractivity contribution is 5.94. The fraction of sp³-hybridized carbons (Fsp3) is 0.692. The van der Waals surface area contributed by atoms with E-state index in [1.807, 2.05) is 6.92 Å². The lowest BCUT2D eigenvalue weighted by Crippen LogP contribution is -2.56. The Bertz CT molecular complexity index is 813. The second kappa shape index (κ2) is 9.92. The summed E-state index contributed by atoms with van der Waals surface area (Å²) in [6.07, 6.45) is 8.59. The maximum absolute atomic E-state index is 13.6. The van der Waals surface area contributed by atoms with Crippen molar-refractivity contribution in [3.63, 3.8) is 0 Å². The van der Waals surface area contributed by atoms with Crippen molar-refractivity contribution < 1.29 is 24.5 Å². The quantitative estimate of drug-likeness (QED) is 0.458. The maximum atomic E-state index is 13.6. The predicted molar refractivity (Wildman–Crippen MR) is 123 cm³/mol. The largest absolute Gasteiger partial charge is 0.444 e. The van der Waals surface area contributed by atoms with Crippen LogP contribution in [-0.4, -0.2) is 46.4 Å². The van der Waals surface area contributed by atoms with E-state index >= 15 is 0 Å². The summed E-state index contributed by atoms with van der Waals surface area (Å²) < 4.78 is 6.08. The Morgan fingerprint density at radius 1 is 1.25 bits per heavy atom. The van der Waals surface area contributed by atoms with Crippen LogP contribution >= 0.6 is 0 Å². The number of esters is 1. The fourth-order valence-corrected chi connectivity index (χ4v) is 5.74. The molecule has 7 atom stereocenters. The van der Waals surface area contributed by atoms with Crippen LogP contribution in [0.5, 0.6) is 0 Å². The lowest BCUT2D eigenvalue weighted by molar-refractivity contribution is -0.172. The average Bonchev–Trinajstić information content (AvgIpc) is 2.98. The van der Waals surface area contributed by atoms with Crippen LogP contribution in [0.2, 0.25) is 0 Å². The summed E-state index contributed by atoms with van der Waals surface area (Å²) in [5.74, 6) is -0.982.